The van der Waals surface area contributed by atoms with Crippen molar-refractivity contribution in [3.05, 3.63) is 72.3 Å². The molecule has 3 N–H and O–H groups in total. The second-order valence-electron chi connectivity index (χ2n) is 8.49. The Morgan fingerprint density at radius 1 is 0.946 bits per heavy atom. The number of nitrogens with zero attached hydrogens (tertiary/aromatic N) is 3. The molecule has 0 aliphatic heterocycles. The summed E-state index contributed by atoms with van der Waals surface area (Å²) in [5.41, 5.74) is 3.24. The number of ether oxygens (including phenoxy) is 1. The average molecular weight is 521 g/mol. The minimum absolute atomic E-state index is 0.00766. The molecule has 0 aliphatic carbocycles. The molecule has 0 bridgehead atoms. The van der Waals surface area contributed by atoms with E-state index in [0.29, 0.717) is 28.2 Å². The van der Waals surface area contributed by atoms with Crippen LogP contribution in [-0.4, -0.2) is 56.9 Å². The van der Waals surface area contributed by atoms with E-state index < -0.39 is 10.0 Å². The molecule has 1 amide bonds. The number of likely N-dealkylation sites (N-methyl/N-ethyl adjacent to an activating group) is 1. The molecule has 0 unspecified atom stereocenters. The monoisotopic (exact) mass is 520 g/mol. The van der Waals surface area contributed by atoms with E-state index in [9.17, 15) is 13.2 Å². The van der Waals surface area contributed by atoms with Gasteiger partial charge in [0.1, 0.15) is 5.75 Å². The van der Waals surface area contributed by atoms with Crippen molar-refractivity contribution < 1.29 is 17.9 Å². The maximum absolute atomic E-state index is 13.4. The Balaban J connectivity index is 1.68. The van der Waals surface area contributed by atoms with Crippen LogP contribution in [0.2, 0.25) is 0 Å². The molecular weight excluding hydrogens is 492 g/mol. The second-order valence-corrected chi connectivity index (χ2v) is 10.2. The van der Waals surface area contributed by atoms with Crippen LogP contribution in [0.15, 0.2) is 71.6 Å². The number of carbonyl (C=O) groups excluding carboxylic acids is 1. The van der Waals surface area contributed by atoms with E-state index in [0.717, 1.165) is 5.56 Å². The summed E-state index contributed by atoms with van der Waals surface area (Å²) in [6.07, 6.45) is 0. The quantitative estimate of drug-likeness (QED) is 0.303. The number of benzene rings is 3. The van der Waals surface area contributed by atoms with E-state index >= 15 is 0 Å². The van der Waals surface area contributed by atoms with Crippen molar-refractivity contribution in [2.75, 3.05) is 43.1 Å². The first-order valence-corrected chi connectivity index (χ1v) is 12.9. The van der Waals surface area contributed by atoms with Crippen molar-refractivity contribution in [1.82, 2.24) is 14.9 Å². The van der Waals surface area contributed by atoms with Crippen molar-refractivity contribution in [2.24, 2.45) is 0 Å². The minimum atomic E-state index is -4.05. The van der Waals surface area contributed by atoms with Gasteiger partial charge in [0.05, 0.1) is 29.6 Å². The lowest BCUT2D eigenvalue weighted by Gasteiger charge is -2.16. The molecule has 37 heavy (non-hydrogen) atoms. The Hall–Kier alpha value is -4.38. The zero-order chi connectivity index (χ0) is 26.6. The lowest BCUT2D eigenvalue weighted by atomic mass is 10.2. The number of carbonyl (C=O) groups is 1. The SMILES string of the molecule is COc1ccc(C)c(Nc2nc3ccccc3nc2NS(=O)(=O)c2cccc(NCC(=O)N(C)C)c2)c1. The number of hydrogen-bond donors (Lipinski definition) is 3. The fourth-order valence-corrected chi connectivity index (χ4v) is 4.50. The largest absolute Gasteiger partial charge is 0.497 e. The van der Waals surface area contributed by atoms with E-state index in [1.165, 1.54) is 17.0 Å². The highest BCUT2D eigenvalue weighted by molar-refractivity contribution is 7.92. The number of fused-ring (bicyclic) bond motifs is 1. The van der Waals surface area contributed by atoms with Gasteiger partial charge in [-0.15, -0.1) is 0 Å². The molecule has 3 aromatic carbocycles. The normalized spacial score (nSPS) is 11.1. The molecule has 10 nitrogen and oxygen atoms in total. The third kappa shape index (κ3) is 6.07. The van der Waals surface area contributed by atoms with Gasteiger partial charge in [-0.25, -0.2) is 18.4 Å². The smallest absolute Gasteiger partial charge is 0.263 e. The van der Waals surface area contributed by atoms with Crippen LogP contribution in [0.4, 0.5) is 23.0 Å². The number of amides is 1. The van der Waals surface area contributed by atoms with Gasteiger partial charge in [-0.3, -0.25) is 9.52 Å². The number of aryl methyl sites for hydroxylation is 1. The molecule has 4 aromatic rings. The third-order valence-electron chi connectivity index (χ3n) is 5.59. The van der Waals surface area contributed by atoms with Crippen LogP contribution >= 0.6 is 0 Å². The van der Waals surface area contributed by atoms with Crippen molar-refractivity contribution in [3.8, 4) is 5.75 Å². The number of rotatable bonds is 9. The Bertz CT molecular complexity index is 1560. The molecule has 1 aromatic heterocycles. The number of para-hydroxylation sites is 2. The fourth-order valence-electron chi connectivity index (χ4n) is 3.44. The van der Waals surface area contributed by atoms with Crippen LogP contribution in [0.5, 0.6) is 5.75 Å². The predicted molar refractivity (Wildman–Crippen MR) is 145 cm³/mol. The summed E-state index contributed by atoms with van der Waals surface area (Å²) in [5.74, 6) is 0.786. The first kappa shape index (κ1) is 25.7. The van der Waals surface area contributed by atoms with Gasteiger partial charge >= 0.3 is 0 Å². The van der Waals surface area contributed by atoms with Gasteiger partial charge in [0, 0.05) is 31.5 Å². The maximum atomic E-state index is 13.4. The summed E-state index contributed by atoms with van der Waals surface area (Å²) in [7, 11) is 0.825. The molecule has 0 radical (unpaired) electrons. The molecule has 1 heterocycles. The maximum Gasteiger partial charge on any atom is 0.263 e. The Labute approximate surface area is 215 Å². The number of nitrogens with one attached hydrogen (secondary N) is 3. The number of anilines is 4. The molecule has 192 valence electrons. The van der Waals surface area contributed by atoms with Gasteiger partial charge in [0.25, 0.3) is 10.0 Å². The summed E-state index contributed by atoms with van der Waals surface area (Å²) in [6.45, 7) is 1.95. The first-order chi connectivity index (χ1) is 17.7. The van der Waals surface area contributed by atoms with Crippen molar-refractivity contribution in [1.29, 1.82) is 0 Å². The van der Waals surface area contributed by atoms with Gasteiger partial charge in [0.2, 0.25) is 5.91 Å². The minimum Gasteiger partial charge on any atom is -0.497 e. The summed E-state index contributed by atoms with van der Waals surface area (Å²) in [5, 5.41) is 6.15. The Morgan fingerprint density at radius 3 is 2.32 bits per heavy atom. The molecule has 0 spiro atoms. The number of hydrogen-bond acceptors (Lipinski definition) is 8. The number of aromatic nitrogens is 2. The van der Waals surface area contributed by atoms with Crippen LogP contribution < -0.4 is 20.1 Å². The molecule has 11 heteroatoms. The zero-order valence-electron chi connectivity index (χ0n) is 20.9. The van der Waals surface area contributed by atoms with Gasteiger partial charge in [0.15, 0.2) is 11.6 Å². The van der Waals surface area contributed by atoms with Crippen LogP contribution in [0.3, 0.4) is 0 Å². The van der Waals surface area contributed by atoms with Gasteiger partial charge in [-0.2, -0.15) is 0 Å². The summed E-state index contributed by atoms with van der Waals surface area (Å²) < 4.78 is 34.7. The van der Waals surface area contributed by atoms with Crippen molar-refractivity contribution >= 4 is 50.0 Å². The highest BCUT2D eigenvalue weighted by Crippen LogP contribution is 2.30. The molecular formula is C26H28N6O4S. The standard InChI is InChI=1S/C26H28N6O4S/c1-17-12-13-19(36-4)15-23(17)30-25-26(29-22-11-6-5-10-21(22)28-25)31-37(34,35)20-9-7-8-18(14-20)27-16-24(33)32(2)3/h5-15,27H,16H2,1-4H3,(H,28,30)(H,29,31). The number of sulfonamides is 1. The average Bonchev–Trinajstić information content (AvgIpc) is 2.88. The number of methoxy groups -OCH3 is 1. The van der Waals surface area contributed by atoms with Crippen LogP contribution in [0.25, 0.3) is 11.0 Å². The van der Waals surface area contributed by atoms with Gasteiger partial charge in [-0.1, -0.05) is 24.3 Å². The molecule has 0 aliphatic rings. The lowest BCUT2D eigenvalue weighted by molar-refractivity contribution is -0.126. The molecule has 0 fully saturated rings. The van der Waals surface area contributed by atoms with Crippen molar-refractivity contribution in [3.63, 3.8) is 0 Å². The summed E-state index contributed by atoms with van der Waals surface area (Å²) >= 11 is 0. The van der Waals surface area contributed by atoms with Crippen molar-refractivity contribution in [2.45, 2.75) is 11.8 Å². The Morgan fingerprint density at radius 2 is 1.65 bits per heavy atom. The molecule has 0 saturated carbocycles. The van der Waals surface area contributed by atoms with Gasteiger partial charge < -0.3 is 20.3 Å². The lowest BCUT2D eigenvalue weighted by Crippen LogP contribution is -2.28. The van der Waals surface area contributed by atoms with E-state index in [1.807, 2.05) is 25.1 Å². The second kappa shape index (κ2) is 10.7. The first-order valence-electron chi connectivity index (χ1n) is 11.4. The van der Waals surface area contributed by atoms with E-state index in [1.54, 1.807) is 57.6 Å². The molecule has 0 saturated heterocycles. The molecule has 4 rings (SSSR count). The van der Waals surface area contributed by atoms with Crippen LogP contribution in [0.1, 0.15) is 5.56 Å². The van der Waals surface area contributed by atoms with Gasteiger partial charge in [-0.05, 0) is 48.9 Å². The zero-order valence-corrected chi connectivity index (χ0v) is 21.8. The summed E-state index contributed by atoms with van der Waals surface area (Å²) in [6, 6.07) is 18.9. The van der Waals surface area contributed by atoms with Crippen LogP contribution in [-0.2, 0) is 14.8 Å². The Kier molecular flexibility index (Phi) is 7.44. The van der Waals surface area contributed by atoms with E-state index in [4.69, 9.17) is 4.74 Å². The predicted octanol–water partition coefficient (Wildman–Crippen LogP) is 3.99. The topological polar surface area (TPSA) is 126 Å². The van der Waals surface area contributed by atoms with Crippen LogP contribution in [0, 0.1) is 6.92 Å². The third-order valence-corrected chi connectivity index (χ3v) is 6.92. The van der Waals surface area contributed by atoms with E-state index in [2.05, 4.69) is 25.3 Å². The summed E-state index contributed by atoms with van der Waals surface area (Å²) in [4.78, 5) is 22.5. The molecule has 0 atom stereocenters. The highest BCUT2D eigenvalue weighted by atomic mass is 32.2. The fraction of sp³-hybridized carbons (Fsp3) is 0.192. The van der Waals surface area contributed by atoms with E-state index in [-0.39, 0.29) is 29.0 Å². The highest BCUT2D eigenvalue weighted by Gasteiger charge is 2.20.